The molecule has 130 valence electrons. The van der Waals surface area contributed by atoms with E-state index in [1.807, 2.05) is 30.2 Å². The fourth-order valence-electron chi connectivity index (χ4n) is 3.39. The molecular weight excluding hydrogens is 334 g/mol. The van der Waals surface area contributed by atoms with E-state index in [1.54, 1.807) is 10.9 Å². The van der Waals surface area contributed by atoms with E-state index in [4.69, 9.17) is 0 Å². The Balaban J connectivity index is 1.45. The van der Waals surface area contributed by atoms with Crippen LogP contribution in [-0.4, -0.2) is 51.1 Å². The maximum atomic E-state index is 12.9. The lowest BCUT2D eigenvalue weighted by molar-refractivity contribution is -0.135. The molecule has 3 aromatic rings. The lowest BCUT2D eigenvalue weighted by Crippen LogP contribution is -2.50. The van der Waals surface area contributed by atoms with E-state index in [1.165, 1.54) is 21.6 Å². The molecule has 1 saturated heterocycles. The van der Waals surface area contributed by atoms with Crippen molar-refractivity contribution in [3.8, 4) is 0 Å². The van der Waals surface area contributed by atoms with Crippen molar-refractivity contribution in [2.45, 2.75) is 19.4 Å². The van der Waals surface area contributed by atoms with Gasteiger partial charge in [0.25, 0.3) is 0 Å². The molecule has 0 spiro atoms. The van der Waals surface area contributed by atoms with Crippen LogP contribution in [-0.2, 0) is 4.79 Å². The maximum absolute atomic E-state index is 12.9. The first-order valence-corrected chi connectivity index (χ1v) is 9.42. The highest BCUT2D eigenvalue weighted by atomic mass is 32.1. The third-order valence-corrected chi connectivity index (χ3v) is 5.58. The summed E-state index contributed by atoms with van der Waals surface area (Å²) in [6.07, 6.45) is 4.34. The third-order valence-electron chi connectivity index (χ3n) is 4.77. The highest BCUT2D eigenvalue weighted by Gasteiger charge is 2.28. The van der Waals surface area contributed by atoms with Crippen LogP contribution < -0.4 is 4.90 Å². The number of hydrogen-bond donors (Lipinski definition) is 0. The molecule has 1 unspecified atom stereocenters. The summed E-state index contributed by atoms with van der Waals surface area (Å²) in [7, 11) is 0. The molecule has 1 aliphatic heterocycles. The Morgan fingerprint density at radius 3 is 2.72 bits per heavy atom. The van der Waals surface area contributed by atoms with Crippen LogP contribution in [0, 0.1) is 0 Å². The molecule has 1 amide bonds. The largest absolute Gasteiger partial charge is 0.352 e. The zero-order chi connectivity index (χ0) is 17.2. The van der Waals surface area contributed by atoms with Gasteiger partial charge in [-0.25, -0.2) is 0 Å². The van der Waals surface area contributed by atoms with E-state index in [0.29, 0.717) is 0 Å². The number of carbonyl (C=O) groups excluding carboxylic acids is 1. The van der Waals surface area contributed by atoms with Crippen LogP contribution in [0.2, 0.25) is 0 Å². The van der Waals surface area contributed by atoms with Crippen molar-refractivity contribution in [2.24, 2.45) is 0 Å². The molecule has 0 radical (unpaired) electrons. The Labute approximate surface area is 150 Å². The van der Waals surface area contributed by atoms with Gasteiger partial charge < -0.3 is 9.80 Å². The number of piperazine rings is 1. The first-order chi connectivity index (χ1) is 12.3. The minimum Gasteiger partial charge on any atom is -0.352 e. The monoisotopic (exact) mass is 355 g/mol. The normalized spacial score (nSPS) is 16.4. The predicted molar refractivity (Wildman–Crippen MR) is 100.0 cm³/mol. The number of amides is 1. The van der Waals surface area contributed by atoms with Crippen molar-refractivity contribution < 1.29 is 4.79 Å². The average Bonchev–Trinajstić information content (AvgIpc) is 3.32. The SMILES string of the molecule is CCC(C(=O)N1CCN(c2nsc3ccccc23)CC1)n1cccn1. The summed E-state index contributed by atoms with van der Waals surface area (Å²) >= 11 is 1.54. The summed E-state index contributed by atoms with van der Waals surface area (Å²) in [6.45, 7) is 5.11. The quantitative estimate of drug-likeness (QED) is 0.722. The molecule has 2 aromatic heterocycles. The number of benzene rings is 1. The molecule has 7 heteroatoms. The molecule has 0 aliphatic carbocycles. The number of anilines is 1. The Morgan fingerprint density at radius 1 is 1.20 bits per heavy atom. The van der Waals surface area contributed by atoms with E-state index in [0.717, 1.165) is 38.4 Å². The molecule has 0 bridgehead atoms. The fourth-order valence-corrected chi connectivity index (χ4v) is 4.19. The molecule has 0 N–H and O–H groups in total. The molecule has 1 atom stereocenters. The van der Waals surface area contributed by atoms with Crippen molar-refractivity contribution >= 4 is 33.3 Å². The number of hydrogen-bond acceptors (Lipinski definition) is 5. The van der Waals surface area contributed by atoms with Gasteiger partial charge in [0.05, 0.1) is 4.70 Å². The highest BCUT2D eigenvalue weighted by molar-refractivity contribution is 7.13. The van der Waals surface area contributed by atoms with Crippen molar-refractivity contribution in [3.63, 3.8) is 0 Å². The second kappa shape index (κ2) is 6.84. The highest BCUT2D eigenvalue weighted by Crippen LogP contribution is 2.30. The zero-order valence-electron chi connectivity index (χ0n) is 14.2. The number of aromatic nitrogens is 3. The van der Waals surface area contributed by atoms with Gasteiger partial charge in [0.1, 0.15) is 11.9 Å². The van der Waals surface area contributed by atoms with Crippen molar-refractivity contribution in [1.29, 1.82) is 0 Å². The summed E-state index contributed by atoms with van der Waals surface area (Å²) < 4.78 is 7.61. The number of nitrogens with zero attached hydrogens (tertiary/aromatic N) is 5. The predicted octanol–water partition coefficient (Wildman–Crippen LogP) is 2.79. The van der Waals surface area contributed by atoms with Gasteiger partial charge in [0, 0.05) is 44.0 Å². The fraction of sp³-hybridized carbons (Fsp3) is 0.389. The Morgan fingerprint density at radius 2 is 2.00 bits per heavy atom. The van der Waals surface area contributed by atoms with E-state index in [-0.39, 0.29) is 11.9 Å². The molecule has 4 rings (SSSR count). The summed E-state index contributed by atoms with van der Waals surface area (Å²) in [6, 6.07) is 9.97. The molecule has 1 aliphatic rings. The molecule has 1 fully saturated rings. The molecular formula is C18H21N5OS. The van der Waals surface area contributed by atoms with Crippen LogP contribution in [0.15, 0.2) is 42.7 Å². The lowest BCUT2D eigenvalue weighted by atomic mass is 10.1. The van der Waals surface area contributed by atoms with Gasteiger partial charge in [-0.15, -0.1) is 0 Å². The Hall–Kier alpha value is -2.41. The van der Waals surface area contributed by atoms with Gasteiger partial charge in [0.2, 0.25) is 5.91 Å². The van der Waals surface area contributed by atoms with Crippen LogP contribution >= 0.6 is 11.5 Å². The standard InChI is InChI=1S/C18H21N5OS/c1-2-15(23-9-5-8-19-23)18(24)22-12-10-21(11-13-22)17-14-6-3-4-7-16(14)25-20-17/h3-9,15H,2,10-13H2,1H3. The minimum atomic E-state index is -0.207. The molecule has 1 aromatic carbocycles. The van der Waals surface area contributed by atoms with Gasteiger partial charge in [-0.05, 0) is 36.2 Å². The van der Waals surface area contributed by atoms with Crippen LogP contribution in [0.3, 0.4) is 0 Å². The number of fused-ring (bicyclic) bond motifs is 1. The van der Waals surface area contributed by atoms with Gasteiger partial charge >= 0.3 is 0 Å². The van der Waals surface area contributed by atoms with Crippen molar-refractivity contribution in [1.82, 2.24) is 19.1 Å². The summed E-state index contributed by atoms with van der Waals surface area (Å²) in [5.41, 5.74) is 0. The van der Waals surface area contributed by atoms with Crippen molar-refractivity contribution in [3.05, 3.63) is 42.7 Å². The van der Waals surface area contributed by atoms with Gasteiger partial charge in [-0.3, -0.25) is 9.48 Å². The Bertz CT molecular complexity index is 851. The van der Waals surface area contributed by atoms with Crippen LogP contribution in [0.5, 0.6) is 0 Å². The second-order valence-corrected chi connectivity index (χ2v) is 7.03. The van der Waals surface area contributed by atoms with E-state index >= 15 is 0 Å². The first-order valence-electron chi connectivity index (χ1n) is 8.65. The zero-order valence-corrected chi connectivity index (χ0v) is 15.0. The number of carbonyl (C=O) groups is 1. The maximum Gasteiger partial charge on any atom is 0.247 e. The van der Waals surface area contributed by atoms with E-state index in [9.17, 15) is 4.79 Å². The van der Waals surface area contributed by atoms with E-state index < -0.39 is 0 Å². The third kappa shape index (κ3) is 3.00. The topological polar surface area (TPSA) is 54.3 Å². The van der Waals surface area contributed by atoms with Crippen LogP contribution in [0.4, 0.5) is 5.82 Å². The van der Waals surface area contributed by atoms with Gasteiger partial charge in [-0.2, -0.15) is 9.47 Å². The first kappa shape index (κ1) is 16.1. The van der Waals surface area contributed by atoms with Crippen molar-refractivity contribution in [2.75, 3.05) is 31.1 Å². The van der Waals surface area contributed by atoms with Gasteiger partial charge in [0.15, 0.2) is 0 Å². The second-order valence-electron chi connectivity index (χ2n) is 6.22. The number of rotatable bonds is 4. The Kier molecular flexibility index (Phi) is 4.40. The molecule has 0 saturated carbocycles. The van der Waals surface area contributed by atoms with Crippen LogP contribution in [0.25, 0.3) is 10.1 Å². The minimum absolute atomic E-state index is 0.161. The summed E-state index contributed by atoms with van der Waals surface area (Å²) in [4.78, 5) is 17.1. The molecule has 25 heavy (non-hydrogen) atoms. The average molecular weight is 355 g/mol. The molecule has 3 heterocycles. The molecule has 6 nitrogen and oxygen atoms in total. The lowest BCUT2D eigenvalue weighted by Gasteiger charge is -2.36. The smallest absolute Gasteiger partial charge is 0.247 e. The summed E-state index contributed by atoms with van der Waals surface area (Å²) in [5.74, 6) is 1.21. The van der Waals surface area contributed by atoms with Crippen LogP contribution in [0.1, 0.15) is 19.4 Å². The van der Waals surface area contributed by atoms with E-state index in [2.05, 4.69) is 32.6 Å². The van der Waals surface area contributed by atoms with Gasteiger partial charge in [-0.1, -0.05) is 19.1 Å². The summed E-state index contributed by atoms with van der Waals surface area (Å²) in [5, 5.41) is 5.45.